The summed E-state index contributed by atoms with van der Waals surface area (Å²) in [6.07, 6.45) is 24.7. The molecule has 6 aliphatic rings. The number of nitrogens with zero attached hydrogens (tertiary/aromatic N) is 3. The lowest BCUT2D eigenvalue weighted by Crippen LogP contribution is -2.25. The molecule has 0 radical (unpaired) electrons. The maximum Gasteiger partial charge on any atom is 0.321 e. The van der Waals surface area contributed by atoms with Gasteiger partial charge in [0.15, 0.2) is 0 Å². The molecule has 3 unspecified atom stereocenters. The minimum atomic E-state index is -1.07. The SMILES string of the molecule is C=CC1=C(C)C2=NC1=CC1=NC(=CC3=C(C)C4=C(O)C(C(=O)OC)C(=C5NC(=C2)[C@@H](C)[C@@H]5CCC(=O)OC/C=C(\C)CCCC(C)CCCC(C)CCCC(C)C)C4=N3)C(CC)=C1. The van der Waals surface area contributed by atoms with Gasteiger partial charge in [0, 0.05) is 46.4 Å². The zero-order chi connectivity index (χ0) is 45.5. The Morgan fingerprint density at radius 3 is 2.27 bits per heavy atom. The molecule has 338 valence electrons. The van der Waals surface area contributed by atoms with Crippen molar-refractivity contribution in [2.75, 3.05) is 13.7 Å². The summed E-state index contributed by atoms with van der Waals surface area (Å²) in [5.74, 6) is -0.0115. The van der Waals surface area contributed by atoms with E-state index >= 15 is 0 Å². The highest BCUT2D eigenvalue weighted by Gasteiger charge is 2.49. The molecule has 0 amide bonds. The molecule has 6 rings (SSSR count). The van der Waals surface area contributed by atoms with Gasteiger partial charge in [0.2, 0.25) is 0 Å². The van der Waals surface area contributed by atoms with E-state index in [1.165, 1.54) is 57.6 Å². The third-order valence-corrected chi connectivity index (χ3v) is 13.9. The Balaban J connectivity index is 1.18. The summed E-state index contributed by atoms with van der Waals surface area (Å²) in [6, 6.07) is 0. The first-order valence-corrected chi connectivity index (χ1v) is 23.7. The highest BCUT2D eigenvalue weighted by molar-refractivity contribution is 6.24. The lowest BCUT2D eigenvalue weighted by Gasteiger charge is -2.20. The Bertz CT molecular complexity index is 2240. The number of hydrogen-bond donors (Lipinski definition) is 2. The van der Waals surface area contributed by atoms with E-state index < -0.39 is 11.9 Å². The van der Waals surface area contributed by atoms with Crippen molar-refractivity contribution in [2.45, 2.75) is 139 Å². The number of aliphatic hydroxyl groups is 1. The zero-order valence-corrected chi connectivity index (χ0v) is 39.7. The molecule has 5 heterocycles. The molecule has 0 aromatic heterocycles. The molecular formula is C54H72N4O5. The summed E-state index contributed by atoms with van der Waals surface area (Å²) in [6.45, 7) is 24.1. The average Bonchev–Trinajstić information content (AvgIpc) is 4.01. The molecular weight excluding hydrogens is 785 g/mol. The van der Waals surface area contributed by atoms with Crippen LogP contribution in [0.4, 0.5) is 0 Å². The van der Waals surface area contributed by atoms with Crippen LogP contribution in [-0.2, 0) is 19.1 Å². The average molecular weight is 857 g/mol. The third-order valence-electron chi connectivity index (χ3n) is 13.9. The number of carbonyl (C=O) groups is 2. The van der Waals surface area contributed by atoms with Gasteiger partial charge in [0.25, 0.3) is 0 Å². The number of rotatable bonds is 20. The Morgan fingerprint density at radius 2 is 1.60 bits per heavy atom. The number of hydrogen-bond acceptors (Lipinski definition) is 9. The third kappa shape index (κ3) is 10.8. The van der Waals surface area contributed by atoms with E-state index in [1.54, 1.807) is 0 Å². The highest BCUT2D eigenvalue weighted by Crippen LogP contribution is 2.49. The topological polar surface area (TPSA) is 122 Å². The molecule has 0 spiro atoms. The van der Waals surface area contributed by atoms with Crippen LogP contribution in [0, 0.1) is 35.5 Å². The maximum atomic E-state index is 13.6. The lowest BCUT2D eigenvalue weighted by atomic mass is 9.84. The van der Waals surface area contributed by atoms with Crippen molar-refractivity contribution in [3.05, 3.63) is 116 Å². The van der Waals surface area contributed by atoms with Gasteiger partial charge in [-0.05, 0) is 111 Å². The summed E-state index contributed by atoms with van der Waals surface area (Å²) < 4.78 is 11.1. The van der Waals surface area contributed by atoms with Gasteiger partial charge in [-0.3, -0.25) is 9.59 Å². The second-order valence-electron chi connectivity index (χ2n) is 19.1. The number of aliphatic hydroxyl groups excluding tert-OH is 1. The molecule has 1 fully saturated rings. The molecule has 0 saturated carbocycles. The van der Waals surface area contributed by atoms with E-state index in [0.717, 1.165) is 93.5 Å². The van der Waals surface area contributed by atoms with E-state index in [2.05, 4.69) is 72.5 Å². The second-order valence-corrected chi connectivity index (χ2v) is 19.1. The molecule has 8 bridgehead atoms. The lowest BCUT2D eigenvalue weighted by molar-refractivity contribution is -0.144. The fourth-order valence-corrected chi connectivity index (χ4v) is 9.86. The van der Waals surface area contributed by atoms with Gasteiger partial charge in [-0.2, -0.15) is 0 Å². The molecule has 0 aromatic carbocycles. The van der Waals surface area contributed by atoms with Gasteiger partial charge in [0.1, 0.15) is 18.3 Å². The number of carbonyl (C=O) groups excluding carboxylic acids is 2. The predicted molar refractivity (Wildman–Crippen MR) is 257 cm³/mol. The number of esters is 2. The molecule has 1 saturated heterocycles. The predicted octanol–water partition coefficient (Wildman–Crippen LogP) is 12.6. The zero-order valence-electron chi connectivity index (χ0n) is 39.7. The van der Waals surface area contributed by atoms with Crippen molar-refractivity contribution in [2.24, 2.45) is 50.5 Å². The number of nitrogens with one attached hydrogen (secondary N) is 1. The Kier molecular flexibility index (Phi) is 15.9. The first kappa shape index (κ1) is 47.4. The van der Waals surface area contributed by atoms with Gasteiger partial charge >= 0.3 is 11.9 Å². The molecule has 63 heavy (non-hydrogen) atoms. The van der Waals surface area contributed by atoms with Crippen molar-refractivity contribution in [1.29, 1.82) is 0 Å². The Hall–Kier alpha value is -5.05. The molecule has 0 aromatic rings. The van der Waals surface area contributed by atoms with Crippen LogP contribution < -0.4 is 5.32 Å². The highest BCUT2D eigenvalue weighted by atomic mass is 16.5. The summed E-state index contributed by atoms with van der Waals surface area (Å²) in [4.78, 5) is 42.2. The Labute approximate surface area is 377 Å². The fourth-order valence-electron chi connectivity index (χ4n) is 9.86. The largest absolute Gasteiger partial charge is 0.510 e. The molecule has 5 atom stereocenters. The number of ether oxygens (including phenoxy) is 2. The van der Waals surface area contributed by atoms with Crippen molar-refractivity contribution in [3.8, 4) is 0 Å². The van der Waals surface area contributed by atoms with E-state index in [1.807, 2.05) is 38.2 Å². The molecule has 2 N–H and O–H groups in total. The smallest absolute Gasteiger partial charge is 0.321 e. The maximum absolute atomic E-state index is 13.6. The minimum Gasteiger partial charge on any atom is -0.510 e. The van der Waals surface area contributed by atoms with Crippen LogP contribution in [-0.4, -0.2) is 47.9 Å². The molecule has 1 aliphatic carbocycles. The number of fused-ring (bicyclic) bond motifs is 5. The van der Waals surface area contributed by atoms with Gasteiger partial charge in [-0.25, -0.2) is 15.0 Å². The van der Waals surface area contributed by atoms with Crippen LogP contribution >= 0.6 is 0 Å². The van der Waals surface area contributed by atoms with Crippen molar-refractivity contribution >= 4 is 29.1 Å². The first-order valence-electron chi connectivity index (χ1n) is 23.7. The summed E-state index contributed by atoms with van der Waals surface area (Å²) in [5.41, 5.74) is 12.1. The monoisotopic (exact) mass is 857 g/mol. The van der Waals surface area contributed by atoms with Gasteiger partial charge < -0.3 is 19.9 Å². The quantitative estimate of drug-likeness (QED) is 0.0929. The summed E-state index contributed by atoms with van der Waals surface area (Å²) >= 11 is 0. The van der Waals surface area contributed by atoms with E-state index in [-0.39, 0.29) is 36.6 Å². The molecule has 5 aliphatic heterocycles. The van der Waals surface area contributed by atoms with Crippen LogP contribution in [0.2, 0.25) is 0 Å². The van der Waals surface area contributed by atoms with Gasteiger partial charge in [-0.1, -0.05) is 105 Å². The minimum absolute atomic E-state index is 0.0849. The molecule has 9 nitrogen and oxygen atoms in total. The standard InChI is InChI=1S/C54H72N4O5/c1-12-38-27-39-28-46-40(13-2)35(8)42(56-46)29-43-36(9)41(51(57-43)49-50(54(61)62-11)53(60)48-37(10)44(58-52(48)49)30-45(38)55-39)23-24-47(59)63-26-25-34(7)22-16-21-33(6)20-15-19-32(5)18-14-17-31(3)4/h13,25,27-33,36,41,50,57,60H,2,12,14-24,26H2,1,3-11H3/b34-25+,43-29?,45-30?,46-28?,51-49?/t32?,33?,36-,41-,50?/m0/s1. The van der Waals surface area contributed by atoms with Crippen molar-refractivity contribution in [1.82, 2.24) is 5.32 Å². The van der Waals surface area contributed by atoms with Crippen LogP contribution in [0.5, 0.6) is 0 Å². The van der Waals surface area contributed by atoms with Crippen LogP contribution in [0.3, 0.4) is 0 Å². The summed E-state index contributed by atoms with van der Waals surface area (Å²) in [5, 5.41) is 15.5. The van der Waals surface area contributed by atoms with Crippen molar-refractivity contribution in [3.63, 3.8) is 0 Å². The summed E-state index contributed by atoms with van der Waals surface area (Å²) in [7, 11) is 1.33. The number of allylic oxidation sites excluding steroid dienone is 12. The van der Waals surface area contributed by atoms with Crippen molar-refractivity contribution < 1.29 is 24.2 Å². The number of methoxy groups -OCH3 is 1. The first-order chi connectivity index (χ1) is 30.1. The van der Waals surface area contributed by atoms with Gasteiger partial charge in [-0.15, -0.1) is 0 Å². The normalized spacial score (nSPS) is 22.7. The van der Waals surface area contributed by atoms with E-state index in [4.69, 9.17) is 24.5 Å². The van der Waals surface area contributed by atoms with E-state index in [9.17, 15) is 14.7 Å². The van der Waals surface area contributed by atoms with E-state index in [0.29, 0.717) is 29.0 Å². The Morgan fingerprint density at radius 1 is 0.905 bits per heavy atom. The molecule has 9 heteroatoms. The second kappa shape index (κ2) is 21.1. The van der Waals surface area contributed by atoms with Crippen LogP contribution in [0.15, 0.2) is 131 Å². The number of aliphatic imine (C=N–C) groups is 3. The van der Waals surface area contributed by atoms with Crippen LogP contribution in [0.25, 0.3) is 0 Å². The van der Waals surface area contributed by atoms with Crippen LogP contribution in [0.1, 0.15) is 139 Å². The van der Waals surface area contributed by atoms with Gasteiger partial charge in [0.05, 0.1) is 41.3 Å². The fraction of sp³-hybridized carbons (Fsp3) is 0.537.